The fourth-order valence-corrected chi connectivity index (χ4v) is 1.78. The first-order valence-corrected chi connectivity index (χ1v) is 5.45. The van der Waals surface area contributed by atoms with Crippen molar-refractivity contribution < 1.29 is 9.53 Å². The molecular formula is C11H10BrNO2. The highest BCUT2D eigenvalue weighted by Gasteiger charge is 2.11. The molecule has 0 radical (unpaired) electrons. The molecule has 0 unspecified atom stereocenters. The molecule has 2 heterocycles. The van der Waals surface area contributed by atoms with Crippen molar-refractivity contribution in [3.63, 3.8) is 0 Å². The molecule has 0 aromatic carbocycles. The van der Waals surface area contributed by atoms with Crippen LogP contribution in [0.1, 0.15) is 17.4 Å². The van der Waals surface area contributed by atoms with Crippen molar-refractivity contribution in [2.24, 2.45) is 0 Å². The molecule has 0 N–H and O–H groups in total. The third kappa shape index (κ3) is 1.90. The molecule has 0 amide bonds. The van der Waals surface area contributed by atoms with Crippen molar-refractivity contribution in [1.29, 1.82) is 0 Å². The predicted octanol–water partition coefficient (Wildman–Crippen LogP) is 2.88. The molecule has 0 spiro atoms. The van der Waals surface area contributed by atoms with Crippen molar-refractivity contribution in [3.8, 4) is 0 Å². The summed E-state index contributed by atoms with van der Waals surface area (Å²) in [6.45, 7) is 2.18. The van der Waals surface area contributed by atoms with Crippen molar-refractivity contribution in [3.05, 3.63) is 40.6 Å². The van der Waals surface area contributed by atoms with Crippen LogP contribution in [-0.2, 0) is 4.74 Å². The van der Waals surface area contributed by atoms with Crippen LogP contribution in [0.4, 0.5) is 0 Å². The van der Waals surface area contributed by atoms with Crippen molar-refractivity contribution in [2.45, 2.75) is 6.92 Å². The third-order valence-electron chi connectivity index (χ3n) is 2.10. The number of rotatable bonds is 2. The summed E-state index contributed by atoms with van der Waals surface area (Å²) < 4.78 is 7.69. The van der Waals surface area contributed by atoms with E-state index in [1.54, 1.807) is 13.0 Å². The van der Waals surface area contributed by atoms with Gasteiger partial charge in [-0.1, -0.05) is 0 Å². The van der Waals surface area contributed by atoms with Crippen molar-refractivity contribution in [2.75, 3.05) is 6.61 Å². The maximum absolute atomic E-state index is 11.6. The lowest BCUT2D eigenvalue weighted by Crippen LogP contribution is -2.07. The van der Waals surface area contributed by atoms with Gasteiger partial charge < -0.3 is 9.14 Å². The molecule has 0 fully saturated rings. The summed E-state index contributed by atoms with van der Waals surface area (Å²) in [7, 11) is 0. The maximum atomic E-state index is 11.6. The highest BCUT2D eigenvalue weighted by Crippen LogP contribution is 2.16. The third-order valence-corrected chi connectivity index (χ3v) is 2.57. The topological polar surface area (TPSA) is 30.7 Å². The molecule has 0 aliphatic heterocycles. The number of hydrogen-bond donors (Lipinski definition) is 0. The molecule has 3 nitrogen and oxygen atoms in total. The normalized spacial score (nSPS) is 10.5. The number of halogens is 1. The van der Waals surface area contributed by atoms with Crippen LogP contribution < -0.4 is 0 Å². The highest BCUT2D eigenvalue weighted by atomic mass is 79.9. The van der Waals surface area contributed by atoms with Gasteiger partial charge in [-0.05, 0) is 47.1 Å². The molecular weight excluding hydrogens is 258 g/mol. The predicted molar refractivity (Wildman–Crippen MR) is 61.1 cm³/mol. The van der Waals surface area contributed by atoms with Crippen LogP contribution in [0.3, 0.4) is 0 Å². The van der Waals surface area contributed by atoms with Gasteiger partial charge in [0.05, 0.1) is 6.61 Å². The molecule has 0 aliphatic carbocycles. The Hall–Kier alpha value is -1.29. The van der Waals surface area contributed by atoms with E-state index >= 15 is 0 Å². The van der Waals surface area contributed by atoms with Gasteiger partial charge in [0.25, 0.3) is 0 Å². The Bertz CT molecular complexity index is 504. The number of ether oxygens (including phenoxy) is 1. The van der Waals surface area contributed by atoms with Gasteiger partial charge >= 0.3 is 5.97 Å². The SMILES string of the molecule is CCOC(=O)c1ccc2ccc(Br)cn12. The van der Waals surface area contributed by atoms with Crippen LogP contribution in [0.2, 0.25) is 0 Å². The Kier molecular flexibility index (Phi) is 2.77. The Labute approximate surface area is 95.8 Å². The van der Waals surface area contributed by atoms with Crippen LogP contribution in [0.15, 0.2) is 34.9 Å². The zero-order valence-electron chi connectivity index (χ0n) is 8.24. The fraction of sp³-hybridized carbons (Fsp3) is 0.182. The van der Waals surface area contributed by atoms with Gasteiger partial charge in [-0.15, -0.1) is 0 Å². The summed E-state index contributed by atoms with van der Waals surface area (Å²) in [5.74, 6) is -0.296. The van der Waals surface area contributed by atoms with Crippen molar-refractivity contribution >= 4 is 27.4 Å². The van der Waals surface area contributed by atoms with Crippen LogP contribution >= 0.6 is 15.9 Å². The number of hydrogen-bond acceptors (Lipinski definition) is 2. The molecule has 0 bridgehead atoms. The zero-order chi connectivity index (χ0) is 10.8. The summed E-state index contributed by atoms with van der Waals surface area (Å²) in [5.41, 5.74) is 1.52. The number of nitrogens with zero attached hydrogens (tertiary/aromatic N) is 1. The average molecular weight is 268 g/mol. The number of carbonyl (C=O) groups is 1. The minimum atomic E-state index is -0.296. The lowest BCUT2D eigenvalue weighted by Gasteiger charge is -2.02. The summed E-state index contributed by atoms with van der Waals surface area (Å²) in [6.07, 6.45) is 1.85. The van der Waals surface area contributed by atoms with Crippen LogP contribution in [-0.4, -0.2) is 17.0 Å². The molecule has 2 aromatic rings. The standard InChI is InChI=1S/C11H10BrNO2/c1-2-15-11(14)10-6-5-9-4-3-8(12)7-13(9)10/h3-7H,2H2,1H3. The lowest BCUT2D eigenvalue weighted by atomic mass is 10.4. The number of carbonyl (C=O) groups excluding carboxylic acids is 1. The minimum absolute atomic E-state index is 0.296. The lowest BCUT2D eigenvalue weighted by molar-refractivity contribution is 0.0518. The molecule has 0 aliphatic rings. The molecule has 0 saturated carbocycles. The fourth-order valence-electron chi connectivity index (χ4n) is 1.45. The molecule has 4 heteroatoms. The Morgan fingerprint density at radius 1 is 1.40 bits per heavy atom. The maximum Gasteiger partial charge on any atom is 0.355 e. The van der Waals surface area contributed by atoms with E-state index in [2.05, 4.69) is 15.9 Å². The number of aromatic nitrogens is 1. The van der Waals surface area contributed by atoms with E-state index in [1.807, 2.05) is 28.8 Å². The van der Waals surface area contributed by atoms with Gasteiger partial charge in [-0.25, -0.2) is 4.79 Å². The molecule has 15 heavy (non-hydrogen) atoms. The molecule has 78 valence electrons. The van der Waals surface area contributed by atoms with Gasteiger partial charge in [0.15, 0.2) is 0 Å². The van der Waals surface area contributed by atoms with E-state index in [4.69, 9.17) is 4.74 Å². The average Bonchev–Trinajstić information content (AvgIpc) is 2.60. The van der Waals surface area contributed by atoms with E-state index < -0.39 is 0 Å². The van der Waals surface area contributed by atoms with Gasteiger partial charge in [-0.3, -0.25) is 0 Å². The first-order chi connectivity index (χ1) is 7.22. The summed E-state index contributed by atoms with van der Waals surface area (Å²) >= 11 is 3.37. The number of fused-ring (bicyclic) bond motifs is 1. The number of pyridine rings is 1. The minimum Gasteiger partial charge on any atom is -0.461 e. The van der Waals surface area contributed by atoms with Gasteiger partial charge in [0.2, 0.25) is 0 Å². The summed E-state index contributed by atoms with van der Waals surface area (Å²) in [5, 5.41) is 0. The zero-order valence-corrected chi connectivity index (χ0v) is 9.82. The smallest absolute Gasteiger partial charge is 0.355 e. The molecule has 2 aromatic heterocycles. The quantitative estimate of drug-likeness (QED) is 0.784. The van der Waals surface area contributed by atoms with Gasteiger partial charge in [-0.2, -0.15) is 0 Å². The second kappa shape index (κ2) is 4.06. The monoisotopic (exact) mass is 267 g/mol. The first-order valence-electron chi connectivity index (χ1n) is 4.66. The largest absolute Gasteiger partial charge is 0.461 e. The van der Waals surface area contributed by atoms with E-state index in [0.717, 1.165) is 9.99 Å². The van der Waals surface area contributed by atoms with Crippen LogP contribution in [0.5, 0.6) is 0 Å². The van der Waals surface area contributed by atoms with Gasteiger partial charge in [0, 0.05) is 16.2 Å². The van der Waals surface area contributed by atoms with Crippen LogP contribution in [0.25, 0.3) is 5.52 Å². The Morgan fingerprint density at radius 2 is 2.13 bits per heavy atom. The summed E-state index contributed by atoms with van der Waals surface area (Å²) in [4.78, 5) is 11.6. The van der Waals surface area contributed by atoms with Crippen molar-refractivity contribution in [1.82, 2.24) is 4.40 Å². The number of esters is 1. The van der Waals surface area contributed by atoms with Crippen LogP contribution in [0, 0.1) is 0 Å². The molecule has 2 rings (SSSR count). The molecule has 0 atom stereocenters. The first kappa shape index (κ1) is 10.2. The van der Waals surface area contributed by atoms with E-state index in [9.17, 15) is 4.79 Å². The van der Waals surface area contributed by atoms with E-state index in [1.165, 1.54) is 0 Å². The van der Waals surface area contributed by atoms with Gasteiger partial charge in [0.1, 0.15) is 5.69 Å². The second-order valence-electron chi connectivity index (χ2n) is 3.08. The van der Waals surface area contributed by atoms with E-state index in [-0.39, 0.29) is 5.97 Å². The second-order valence-corrected chi connectivity index (χ2v) is 4.00. The Morgan fingerprint density at radius 3 is 2.87 bits per heavy atom. The Balaban J connectivity index is 2.52. The van der Waals surface area contributed by atoms with E-state index in [0.29, 0.717) is 12.3 Å². The summed E-state index contributed by atoms with van der Waals surface area (Å²) in [6, 6.07) is 7.52. The molecule has 0 saturated heterocycles. The highest BCUT2D eigenvalue weighted by molar-refractivity contribution is 9.10.